The van der Waals surface area contributed by atoms with Gasteiger partial charge in [-0.2, -0.15) is 0 Å². The molecule has 1 aromatic rings. The van der Waals surface area contributed by atoms with Gasteiger partial charge in [-0.1, -0.05) is 47.8 Å². The van der Waals surface area contributed by atoms with E-state index < -0.39 is 33.3 Å². The summed E-state index contributed by atoms with van der Waals surface area (Å²) in [6.07, 6.45) is 2.19. The average molecular weight is 421 g/mol. The fourth-order valence-corrected chi connectivity index (χ4v) is 22.5. The van der Waals surface area contributed by atoms with Crippen LogP contribution in [0.3, 0.4) is 0 Å². The molecule has 0 unspecified atom stereocenters. The van der Waals surface area contributed by atoms with E-state index in [1.54, 1.807) is 0 Å². The van der Waals surface area contributed by atoms with Crippen molar-refractivity contribution in [2.24, 2.45) is 0 Å². The van der Waals surface area contributed by atoms with Crippen molar-refractivity contribution in [3.63, 3.8) is 0 Å². The molecular formula is C20H36O2Si4. The third kappa shape index (κ3) is 7.09. The summed E-state index contributed by atoms with van der Waals surface area (Å²) < 4.78 is 13.4. The second kappa shape index (κ2) is 8.49. The molecule has 0 radical (unpaired) electrons. The van der Waals surface area contributed by atoms with Gasteiger partial charge in [0.1, 0.15) is 0 Å². The van der Waals surface area contributed by atoms with Crippen LogP contribution in [0.4, 0.5) is 0 Å². The molecule has 0 spiro atoms. The third-order valence-corrected chi connectivity index (χ3v) is 21.2. The molecule has 0 aromatic heterocycles. The van der Waals surface area contributed by atoms with Crippen molar-refractivity contribution < 1.29 is 8.23 Å². The second-order valence-corrected chi connectivity index (χ2v) is 25.4. The smallest absolute Gasteiger partial charge is 0.199 e. The maximum absolute atomic E-state index is 6.78. The highest BCUT2D eigenvalue weighted by Gasteiger charge is 2.44. The van der Waals surface area contributed by atoms with E-state index in [9.17, 15) is 0 Å². The van der Waals surface area contributed by atoms with Gasteiger partial charge in [0, 0.05) is 0 Å². The normalized spacial score (nSPS) is 13.8. The van der Waals surface area contributed by atoms with Gasteiger partial charge >= 0.3 is 0 Å². The number of rotatable bonds is 9. The Labute approximate surface area is 165 Å². The van der Waals surface area contributed by atoms with Crippen molar-refractivity contribution in [1.82, 2.24) is 0 Å². The lowest BCUT2D eigenvalue weighted by Crippen LogP contribution is -2.55. The lowest BCUT2D eigenvalue weighted by Gasteiger charge is -2.41. The minimum atomic E-state index is -2.09. The fourth-order valence-electron chi connectivity index (χ4n) is 3.10. The number of hydrogen-bond donors (Lipinski definition) is 0. The van der Waals surface area contributed by atoms with Gasteiger partial charge in [0.05, 0.1) is 0 Å². The fraction of sp³-hybridized carbons (Fsp3) is 0.400. The van der Waals surface area contributed by atoms with Crippen molar-refractivity contribution in [3.8, 4) is 0 Å². The van der Waals surface area contributed by atoms with E-state index in [0.717, 1.165) is 0 Å². The van der Waals surface area contributed by atoms with E-state index in [4.69, 9.17) is 8.23 Å². The van der Waals surface area contributed by atoms with Crippen molar-refractivity contribution in [2.75, 3.05) is 0 Å². The molecular weight excluding hydrogens is 385 g/mol. The average Bonchev–Trinajstić information content (AvgIpc) is 2.51. The highest BCUT2D eigenvalue weighted by Crippen LogP contribution is 2.31. The highest BCUT2D eigenvalue weighted by molar-refractivity contribution is 7.05. The van der Waals surface area contributed by atoms with Crippen LogP contribution in [-0.4, -0.2) is 33.3 Å². The van der Waals surface area contributed by atoms with Crippen LogP contribution in [0.2, 0.25) is 52.4 Å². The van der Waals surface area contributed by atoms with E-state index in [2.05, 4.69) is 102 Å². The van der Waals surface area contributed by atoms with E-state index in [1.165, 1.54) is 10.4 Å². The van der Waals surface area contributed by atoms with Crippen molar-refractivity contribution in [3.05, 3.63) is 65.3 Å². The largest absolute Gasteiger partial charge is 0.449 e. The molecule has 0 N–H and O–H groups in total. The van der Waals surface area contributed by atoms with Gasteiger partial charge < -0.3 is 8.23 Å². The summed E-state index contributed by atoms with van der Waals surface area (Å²) in [4.78, 5) is 1.24. The van der Waals surface area contributed by atoms with Crippen molar-refractivity contribution in [2.45, 2.75) is 52.4 Å². The van der Waals surface area contributed by atoms with E-state index in [-0.39, 0.29) is 0 Å². The summed E-state index contributed by atoms with van der Waals surface area (Å²) in [5, 5.41) is 0. The van der Waals surface area contributed by atoms with Crippen LogP contribution in [0.1, 0.15) is 5.56 Å². The molecule has 0 aliphatic carbocycles. The van der Waals surface area contributed by atoms with Gasteiger partial charge in [0.2, 0.25) is 0 Å². The Bertz CT molecular complexity index is 662. The summed E-state index contributed by atoms with van der Waals surface area (Å²) in [6.45, 7) is 26.4. The predicted octanol–water partition coefficient (Wildman–Crippen LogP) is 6.45. The first-order valence-corrected chi connectivity index (χ1v) is 21.0. The summed E-state index contributed by atoms with van der Waals surface area (Å²) in [5.41, 5.74) is 5.50. The van der Waals surface area contributed by atoms with E-state index in [1.807, 2.05) is 11.8 Å². The predicted molar refractivity (Wildman–Crippen MR) is 127 cm³/mol. The number of hydrogen-bond acceptors (Lipinski definition) is 2. The highest BCUT2D eigenvalue weighted by atomic mass is 28.5. The minimum Gasteiger partial charge on any atom is -0.449 e. The first-order valence-electron chi connectivity index (χ1n) is 9.19. The minimum absolute atomic E-state index is 1.21. The van der Waals surface area contributed by atoms with E-state index >= 15 is 0 Å². The summed E-state index contributed by atoms with van der Waals surface area (Å²) >= 11 is 0. The first kappa shape index (κ1) is 23.3. The van der Waals surface area contributed by atoms with Gasteiger partial charge in [-0.05, 0) is 62.8 Å². The maximum atomic E-state index is 6.78. The Morgan fingerprint density at radius 2 is 1.27 bits per heavy atom. The summed E-state index contributed by atoms with van der Waals surface area (Å²) in [5.74, 6) is 0. The number of benzene rings is 1. The molecule has 0 fully saturated rings. The molecule has 144 valence electrons. The molecule has 0 aliphatic heterocycles. The zero-order chi connectivity index (χ0) is 20.2. The molecule has 26 heavy (non-hydrogen) atoms. The first-order chi connectivity index (χ1) is 11.7. The molecule has 0 aliphatic rings. The molecule has 6 heteroatoms. The topological polar surface area (TPSA) is 18.5 Å². The van der Waals surface area contributed by atoms with Crippen molar-refractivity contribution in [1.29, 1.82) is 0 Å². The molecule has 1 aromatic carbocycles. The second-order valence-electron chi connectivity index (χ2n) is 8.86. The van der Waals surface area contributed by atoms with Crippen LogP contribution < -0.4 is 0 Å². The van der Waals surface area contributed by atoms with Crippen LogP contribution in [0.15, 0.2) is 59.7 Å². The van der Waals surface area contributed by atoms with Crippen LogP contribution >= 0.6 is 0 Å². The Kier molecular flexibility index (Phi) is 7.60. The Hall–Kier alpha value is -0.772. The molecule has 0 bridgehead atoms. The molecule has 0 saturated heterocycles. The third-order valence-electron chi connectivity index (χ3n) is 4.46. The molecule has 1 rings (SSSR count). The van der Waals surface area contributed by atoms with Gasteiger partial charge in [0.25, 0.3) is 0 Å². The van der Waals surface area contributed by atoms with Crippen LogP contribution in [0, 0.1) is 0 Å². The Balaban J connectivity index is 2.93. The molecule has 2 nitrogen and oxygen atoms in total. The molecule has 0 amide bonds. The molecule has 0 heterocycles. The SMILES string of the molecule is C=C[Si](C)(C)O[Si](C)(C)C(=C)[Si](C)(C)O[Si](C)(C)/C=C/c1ccccc1. The van der Waals surface area contributed by atoms with Gasteiger partial charge in [0.15, 0.2) is 33.3 Å². The summed E-state index contributed by atoms with van der Waals surface area (Å²) in [6, 6.07) is 10.4. The van der Waals surface area contributed by atoms with Crippen LogP contribution in [-0.2, 0) is 8.23 Å². The Morgan fingerprint density at radius 1 is 0.808 bits per heavy atom. The van der Waals surface area contributed by atoms with Gasteiger partial charge in [-0.15, -0.1) is 13.2 Å². The zero-order valence-electron chi connectivity index (χ0n) is 17.8. The lowest BCUT2D eigenvalue weighted by atomic mass is 10.2. The van der Waals surface area contributed by atoms with Crippen LogP contribution in [0.25, 0.3) is 6.08 Å². The summed E-state index contributed by atoms with van der Waals surface area (Å²) in [7, 11) is -7.94. The maximum Gasteiger partial charge on any atom is 0.199 e. The van der Waals surface area contributed by atoms with Gasteiger partial charge in [-0.25, -0.2) is 0 Å². The monoisotopic (exact) mass is 420 g/mol. The van der Waals surface area contributed by atoms with Crippen molar-refractivity contribution >= 4 is 39.3 Å². The zero-order valence-corrected chi connectivity index (χ0v) is 21.8. The quantitative estimate of drug-likeness (QED) is 0.427. The molecule has 0 saturated carbocycles. The standard InChI is InChI=1S/C20H36O2Si4/c1-11-23(3,4)21-25(7,8)19(2)26(9,10)22-24(5,6)18-17-20-15-13-12-14-16-20/h11-18H,1-2H2,3-10H3/b18-17+. The van der Waals surface area contributed by atoms with Crippen LogP contribution in [0.5, 0.6) is 0 Å². The molecule has 0 atom stereocenters. The van der Waals surface area contributed by atoms with Gasteiger partial charge in [-0.3, -0.25) is 0 Å². The van der Waals surface area contributed by atoms with E-state index in [0.29, 0.717) is 0 Å². The Morgan fingerprint density at radius 3 is 1.73 bits per heavy atom. The lowest BCUT2D eigenvalue weighted by molar-refractivity contribution is 0.551.